The third-order valence-corrected chi connectivity index (χ3v) is 1.04. The van der Waals surface area contributed by atoms with Crippen LogP contribution in [0.3, 0.4) is 0 Å². The minimum atomic E-state index is -0.403. The summed E-state index contributed by atoms with van der Waals surface area (Å²) in [6.07, 6.45) is 1.18. The molecule has 1 aliphatic heterocycles. The Labute approximate surface area is 59.0 Å². The van der Waals surface area contributed by atoms with Crippen LogP contribution in [0.4, 0.5) is 0 Å². The summed E-state index contributed by atoms with van der Waals surface area (Å²) in [6, 6.07) is 1.90. The van der Waals surface area contributed by atoms with E-state index in [1.807, 2.05) is 13.0 Å². The lowest BCUT2D eigenvalue weighted by molar-refractivity contribution is -0.124. The Bertz CT molecular complexity index is 183. The molecule has 1 aliphatic rings. The largest absolute Gasteiger partial charge is 0.347 e. The van der Waals surface area contributed by atoms with Crippen LogP contribution in [0.5, 0.6) is 0 Å². The average Bonchev–Trinajstić information content (AvgIpc) is 2.37. The molecular weight excluding hydrogens is 132 g/mol. The maximum Gasteiger partial charge on any atom is 0.205 e. The Morgan fingerprint density at radius 2 is 2.80 bits per heavy atom. The van der Waals surface area contributed by atoms with E-state index in [9.17, 15) is 0 Å². The second kappa shape index (κ2) is 3.20. The van der Waals surface area contributed by atoms with Crippen molar-refractivity contribution in [3.63, 3.8) is 0 Å². The maximum absolute atomic E-state index is 8.34. The van der Waals surface area contributed by atoms with Crippen LogP contribution in [0.25, 0.3) is 0 Å². The third-order valence-electron chi connectivity index (χ3n) is 1.04. The highest BCUT2D eigenvalue weighted by Gasteiger charge is 2.14. The average molecular weight is 140 g/mol. The molecule has 0 fully saturated rings. The Balaban J connectivity index is 2.41. The maximum atomic E-state index is 8.34. The molecule has 0 aromatic rings. The summed E-state index contributed by atoms with van der Waals surface area (Å²) < 4.78 is 5.02. The number of hydroxylamine groups is 1. The van der Waals surface area contributed by atoms with E-state index in [4.69, 9.17) is 14.8 Å². The summed E-state index contributed by atoms with van der Waals surface area (Å²) in [6.45, 7) is 2.43. The van der Waals surface area contributed by atoms with Gasteiger partial charge in [0.15, 0.2) is 0 Å². The molecule has 4 heteroatoms. The second-order valence-electron chi connectivity index (χ2n) is 1.74. The van der Waals surface area contributed by atoms with Crippen molar-refractivity contribution in [1.29, 1.82) is 5.26 Å². The molecule has 0 saturated heterocycles. The van der Waals surface area contributed by atoms with Crippen molar-refractivity contribution in [2.24, 2.45) is 0 Å². The van der Waals surface area contributed by atoms with Gasteiger partial charge in [-0.3, -0.25) is 5.48 Å². The zero-order chi connectivity index (χ0) is 7.40. The molecule has 1 rings (SSSR count). The summed E-state index contributed by atoms with van der Waals surface area (Å²) in [5.41, 5.74) is 2.82. The zero-order valence-corrected chi connectivity index (χ0v) is 5.63. The number of hydrogen-bond acceptors (Lipinski definition) is 4. The van der Waals surface area contributed by atoms with Crippen LogP contribution >= 0.6 is 0 Å². The van der Waals surface area contributed by atoms with E-state index in [0.29, 0.717) is 12.3 Å². The molecule has 0 radical (unpaired) electrons. The number of allylic oxidation sites excluding steroid dienone is 1. The second-order valence-corrected chi connectivity index (χ2v) is 1.74. The zero-order valence-electron chi connectivity index (χ0n) is 5.63. The molecule has 1 heterocycles. The Hall–Kier alpha value is -1.05. The van der Waals surface area contributed by atoms with Gasteiger partial charge >= 0.3 is 0 Å². The quantitative estimate of drug-likeness (QED) is 0.599. The fourth-order valence-electron chi connectivity index (χ4n) is 0.632. The number of nitrogens with one attached hydrogen (secondary N) is 1. The van der Waals surface area contributed by atoms with Crippen LogP contribution in [-0.2, 0) is 9.57 Å². The highest BCUT2D eigenvalue weighted by atomic mass is 16.8. The third kappa shape index (κ3) is 1.47. The molecule has 1 N–H and O–H groups in total. The fraction of sp³-hybridized carbons (Fsp3) is 0.500. The summed E-state index contributed by atoms with van der Waals surface area (Å²) >= 11 is 0. The Kier molecular flexibility index (Phi) is 2.26. The molecule has 0 aromatic heterocycles. The molecule has 0 bridgehead atoms. The van der Waals surface area contributed by atoms with Crippen LogP contribution < -0.4 is 5.48 Å². The van der Waals surface area contributed by atoms with Crippen molar-refractivity contribution in [1.82, 2.24) is 5.48 Å². The normalized spacial score (nSPS) is 23.2. The molecule has 0 spiro atoms. The molecule has 1 atom stereocenters. The highest BCUT2D eigenvalue weighted by molar-refractivity contribution is 5.20. The molecular formula is C6H8N2O2. The van der Waals surface area contributed by atoms with Gasteiger partial charge in [-0.05, 0) is 6.92 Å². The van der Waals surface area contributed by atoms with Gasteiger partial charge in [0, 0.05) is 12.7 Å². The fourth-order valence-corrected chi connectivity index (χ4v) is 0.632. The van der Waals surface area contributed by atoms with Gasteiger partial charge in [-0.25, -0.2) is 4.84 Å². The van der Waals surface area contributed by atoms with E-state index in [2.05, 4.69) is 5.48 Å². The lowest BCUT2D eigenvalue weighted by Crippen LogP contribution is -2.14. The number of ether oxygens (including phenoxy) is 1. The van der Waals surface area contributed by atoms with Gasteiger partial charge in [-0.2, -0.15) is 5.26 Å². The number of hydrogen-bond donors (Lipinski definition) is 1. The summed E-state index contributed by atoms with van der Waals surface area (Å²) in [7, 11) is 0. The van der Waals surface area contributed by atoms with E-state index in [-0.39, 0.29) is 0 Å². The van der Waals surface area contributed by atoms with Gasteiger partial charge < -0.3 is 4.74 Å². The molecule has 4 nitrogen and oxygen atoms in total. The van der Waals surface area contributed by atoms with Crippen molar-refractivity contribution >= 4 is 0 Å². The number of nitrogens with zero attached hydrogens (tertiary/aromatic N) is 1. The Morgan fingerprint density at radius 3 is 3.30 bits per heavy atom. The van der Waals surface area contributed by atoms with Crippen LogP contribution in [0.2, 0.25) is 0 Å². The molecule has 0 aromatic carbocycles. The minimum absolute atomic E-state index is 0.401. The van der Waals surface area contributed by atoms with Crippen molar-refractivity contribution < 1.29 is 9.57 Å². The topological polar surface area (TPSA) is 54.3 Å². The van der Waals surface area contributed by atoms with Crippen molar-refractivity contribution in [3.8, 4) is 6.07 Å². The van der Waals surface area contributed by atoms with E-state index < -0.39 is 6.29 Å². The van der Waals surface area contributed by atoms with Crippen molar-refractivity contribution in [3.05, 3.63) is 11.8 Å². The van der Waals surface area contributed by atoms with E-state index in [0.717, 1.165) is 0 Å². The van der Waals surface area contributed by atoms with Gasteiger partial charge in [0.2, 0.25) is 6.29 Å². The number of nitriles is 1. The molecule has 54 valence electrons. The van der Waals surface area contributed by atoms with Crippen LogP contribution in [0, 0.1) is 11.3 Å². The summed E-state index contributed by atoms with van der Waals surface area (Å²) in [5, 5.41) is 8.34. The van der Waals surface area contributed by atoms with Gasteiger partial charge in [0.25, 0.3) is 0 Å². The van der Waals surface area contributed by atoms with Crippen LogP contribution in [-0.4, -0.2) is 12.9 Å². The molecule has 10 heavy (non-hydrogen) atoms. The van der Waals surface area contributed by atoms with Gasteiger partial charge in [-0.1, -0.05) is 0 Å². The lowest BCUT2D eigenvalue weighted by Gasteiger charge is -2.04. The first-order chi connectivity index (χ1) is 4.86. The van der Waals surface area contributed by atoms with Crippen molar-refractivity contribution in [2.75, 3.05) is 6.61 Å². The Morgan fingerprint density at radius 1 is 2.00 bits per heavy atom. The summed E-state index contributed by atoms with van der Waals surface area (Å²) in [4.78, 5) is 4.81. The smallest absolute Gasteiger partial charge is 0.205 e. The van der Waals surface area contributed by atoms with Crippen LogP contribution in [0.1, 0.15) is 6.92 Å². The first kappa shape index (κ1) is 7.06. The summed E-state index contributed by atoms with van der Waals surface area (Å²) in [5.74, 6) is 0. The molecule has 0 saturated carbocycles. The highest BCUT2D eigenvalue weighted by Crippen LogP contribution is 2.05. The SMILES string of the molecule is CCOC1C=C(C#N)NO1. The monoisotopic (exact) mass is 140 g/mol. The molecule has 0 amide bonds. The molecule has 1 unspecified atom stereocenters. The van der Waals surface area contributed by atoms with E-state index in [1.165, 1.54) is 0 Å². The molecule has 0 aliphatic carbocycles. The van der Waals surface area contributed by atoms with E-state index >= 15 is 0 Å². The standard InChI is InChI=1S/C6H8N2O2/c1-2-9-6-3-5(4-7)8-10-6/h3,6,8H,2H2,1H3. The van der Waals surface area contributed by atoms with Crippen LogP contribution in [0.15, 0.2) is 11.8 Å². The van der Waals surface area contributed by atoms with Gasteiger partial charge in [0.1, 0.15) is 11.8 Å². The first-order valence-electron chi connectivity index (χ1n) is 3.02. The number of rotatable bonds is 2. The van der Waals surface area contributed by atoms with Gasteiger partial charge in [-0.15, -0.1) is 0 Å². The van der Waals surface area contributed by atoms with Crippen molar-refractivity contribution in [2.45, 2.75) is 13.2 Å². The first-order valence-corrected chi connectivity index (χ1v) is 3.02. The van der Waals surface area contributed by atoms with E-state index in [1.54, 1.807) is 6.08 Å². The van der Waals surface area contributed by atoms with Gasteiger partial charge in [0.05, 0.1) is 0 Å². The lowest BCUT2D eigenvalue weighted by atomic mass is 10.4. The predicted octanol–water partition coefficient (Wildman–Crippen LogP) is 0.291. The minimum Gasteiger partial charge on any atom is -0.347 e. The predicted molar refractivity (Wildman–Crippen MR) is 33.3 cm³/mol.